The summed E-state index contributed by atoms with van der Waals surface area (Å²) in [6.07, 6.45) is 0. The van der Waals surface area contributed by atoms with E-state index >= 15 is 0 Å². The van der Waals surface area contributed by atoms with Crippen molar-refractivity contribution in [1.82, 2.24) is 4.98 Å². The second kappa shape index (κ2) is 7.40. The Bertz CT molecular complexity index is 1020. The first-order valence-corrected chi connectivity index (χ1v) is 9.79. The van der Waals surface area contributed by atoms with Crippen LogP contribution in [0.3, 0.4) is 0 Å². The van der Waals surface area contributed by atoms with E-state index in [0.717, 1.165) is 26.2 Å². The van der Waals surface area contributed by atoms with Gasteiger partial charge in [-0.25, -0.2) is 4.98 Å². The zero-order chi connectivity index (χ0) is 17.9. The highest BCUT2D eigenvalue weighted by molar-refractivity contribution is 9.10. The zero-order valence-corrected chi connectivity index (χ0v) is 16.2. The third-order valence-corrected chi connectivity index (χ3v) is 5.66. The average Bonchev–Trinajstić information content (AvgIpc) is 3.11. The van der Waals surface area contributed by atoms with Crippen LogP contribution in [0.1, 0.15) is 10.4 Å². The normalized spacial score (nSPS) is 10.8. The highest BCUT2D eigenvalue weighted by Crippen LogP contribution is 2.30. The van der Waals surface area contributed by atoms with Crippen LogP contribution in [0.4, 0.5) is 5.69 Å². The van der Waals surface area contributed by atoms with Crippen molar-refractivity contribution in [3.05, 3.63) is 82.8 Å². The zero-order valence-electron chi connectivity index (χ0n) is 13.8. The number of anilines is 1. The van der Waals surface area contributed by atoms with Gasteiger partial charge < -0.3 is 5.32 Å². The molecular weight excluding hydrogens is 408 g/mol. The second-order valence-corrected chi connectivity index (χ2v) is 7.79. The largest absolute Gasteiger partial charge is 0.378 e. The Morgan fingerprint density at radius 3 is 2.42 bits per heavy atom. The number of Topliss-reactive ketones (excluding diaryl/α,β-unsaturated/α-hetero) is 1. The van der Waals surface area contributed by atoms with Gasteiger partial charge >= 0.3 is 0 Å². The van der Waals surface area contributed by atoms with E-state index in [-0.39, 0.29) is 12.3 Å². The molecule has 0 saturated carbocycles. The maximum absolute atomic E-state index is 12.2. The van der Waals surface area contributed by atoms with E-state index in [0.29, 0.717) is 5.56 Å². The number of para-hydroxylation sites is 1. The number of carbonyl (C=O) groups is 1. The number of rotatable bonds is 5. The van der Waals surface area contributed by atoms with E-state index < -0.39 is 0 Å². The van der Waals surface area contributed by atoms with Crippen molar-refractivity contribution in [2.75, 3.05) is 11.9 Å². The molecule has 4 rings (SSSR count). The smallest absolute Gasteiger partial charge is 0.181 e. The summed E-state index contributed by atoms with van der Waals surface area (Å²) in [4.78, 5) is 16.9. The predicted molar refractivity (Wildman–Crippen MR) is 112 cm³/mol. The van der Waals surface area contributed by atoms with Gasteiger partial charge in [-0.3, -0.25) is 4.79 Å². The monoisotopic (exact) mass is 422 g/mol. The summed E-state index contributed by atoms with van der Waals surface area (Å²) in [7, 11) is 0. The van der Waals surface area contributed by atoms with Crippen molar-refractivity contribution in [1.29, 1.82) is 0 Å². The van der Waals surface area contributed by atoms with Gasteiger partial charge in [0.05, 0.1) is 16.8 Å². The minimum atomic E-state index is 0.0627. The van der Waals surface area contributed by atoms with Crippen molar-refractivity contribution in [3.8, 4) is 10.6 Å². The number of hydrogen-bond acceptors (Lipinski definition) is 4. The SMILES string of the molecule is O=C(CNc1ccc(-c2nc3ccccc3s2)cc1)c1ccc(Br)cc1. The molecule has 0 aliphatic heterocycles. The molecule has 26 heavy (non-hydrogen) atoms. The number of thiazole rings is 1. The van der Waals surface area contributed by atoms with Gasteiger partial charge in [0.25, 0.3) is 0 Å². The van der Waals surface area contributed by atoms with Crippen LogP contribution in [0.5, 0.6) is 0 Å². The van der Waals surface area contributed by atoms with Gasteiger partial charge in [-0.1, -0.05) is 40.2 Å². The summed E-state index contributed by atoms with van der Waals surface area (Å²) in [6, 6.07) is 23.6. The summed E-state index contributed by atoms with van der Waals surface area (Å²) in [5, 5.41) is 4.19. The molecule has 0 aliphatic carbocycles. The van der Waals surface area contributed by atoms with Gasteiger partial charge in [0.15, 0.2) is 5.78 Å². The molecule has 0 radical (unpaired) electrons. The lowest BCUT2D eigenvalue weighted by molar-refractivity contribution is 0.101. The molecule has 0 spiro atoms. The molecule has 5 heteroatoms. The molecule has 0 saturated heterocycles. The molecule has 0 fully saturated rings. The molecule has 4 aromatic rings. The number of nitrogens with one attached hydrogen (secondary N) is 1. The van der Waals surface area contributed by atoms with E-state index in [1.807, 2.05) is 66.7 Å². The van der Waals surface area contributed by atoms with Gasteiger partial charge in [0, 0.05) is 21.3 Å². The number of fused-ring (bicyclic) bond motifs is 1. The van der Waals surface area contributed by atoms with Gasteiger partial charge in [0.2, 0.25) is 0 Å². The molecule has 0 atom stereocenters. The summed E-state index contributed by atoms with van der Waals surface area (Å²) in [6.45, 7) is 0.266. The third kappa shape index (κ3) is 3.69. The predicted octanol–water partition coefficient (Wildman–Crippen LogP) is 6.02. The second-order valence-electron chi connectivity index (χ2n) is 5.85. The molecule has 1 aromatic heterocycles. The molecule has 0 bridgehead atoms. The van der Waals surface area contributed by atoms with Crippen molar-refractivity contribution < 1.29 is 4.79 Å². The number of carbonyl (C=O) groups excluding carboxylic acids is 1. The minimum absolute atomic E-state index is 0.0627. The quantitative estimate of drug-likeness (QED) is 0.399. The summed E-state index contributed by atoms with van der Waals surface area (Å²) < 4.78 is 2.15. The summed E-state index contributed by atoms with van der Waals surface area (Å²) in [5.41, 5.74) is 3.72. The summed E-state index contributed by atoms with van der Waals surface area (Å²) in [5.74, 6) is 0.0627. The maximum Gasteiger partial charge on any atom is 0.181 e. The number of benzene rings is 3. The fourth-order valence-electron chi connectivity index (χ4n) is 2.65. The van der Waals surface area contributed by atoms with Crippen LogP contribution in [0, 0.1) is 0 Å². The highest BCUT2D eigenvalue weighted by Gasteiger charge is 2.07. The van der Waals surface area contributed by atoms with Crippen LogP contribution in [-0.2, 0) is 0 Å². The molecule has 0 amide bonds. The minimum Gasteiger partial charge on any atom is -0.378 e. The van der Waals surface area contributed by atoms with E-state index in [9.17, 15) is 4.79 Å². The first-order chi connectivity index (χ1) is 12.7. The Labute approximate surface area is 163 Å². The molecule has 1 N–H and O–H groups in total. The van der Waals surface area contributed by atoms with E-state index in [1.54, 1.807) is 11.3 Å². The third-order valence-electron chi connectivity index (χ3n) is 4.05. The number of nitrogens with zero attached hydrogens (tertiary/aromatic N) is 1. The fourth-order valence-corrected chi connectivity index (χ4v) is 3.88. The Balaban J connectivity index is 1.44. The number of aromatic nitrogens is 1. The van der Waals surface area contributed by atoms with Crippen molar-refractivity contribution >= 4 is 49.0 Å². The highest BCUT2D eigenvalue weighted by atomic mass is 79.9. The van der Waals surface area contributed by atoms with E-state index in [2.05, 4.69) is 32.3 Å². The molecule has 128 valence electrons. The van der Waals surface area contributed by atoms with E-state index in [1.165, 1.54) is 4.70 Å². The first-order valence-electron chi connectivity index (χ1n) is 8.18. The molecule has 0 aliphatic rings. The molecule has 0 unspecified atom stereocenters. The van der Waals surface area contributed by atoms with Crippen LogP contribution in [-0.4, -0.2) is 17.3 Å². The molecule has 3 aromatic carbocycles. The van der Waals surface area contributed by atoms with Crippen LogP contribution in [0.25, 0.3) is 20.8 Å². The van der Waals surface area contributed by atoms with E-state index in [4.69, 9.17) is 0 Å². The summed E-state index contributed by atoms with van der Waals surface area (Å²) >= 11 is 5.06. The van der Waals surface area contributed by atoms with Gasteiger partial charge in [-0.05, 0) is 48.5 Å². The van der Waals surface area contributed by atoms with Crippen LogP contribution in [0.2, 0.25) is 0 Å². The van der Waals surface area contributed by atoms with Crippen molar-refractivity contribution in [3.63, 3.8) is 0 Å². The molecule has 3 nitrogen and oxygen atoms in total. The molecular formula is C21H15BrN2OS. The Hall–Kier alpha value is -2.50. The number of hydrogen-bond donors (Lipinski definition) is 1. The van der Waals surface area contributed by atoms with Crippen LogP contribution >= 0.6 is 27.3 Å². The maximum atomic E-state index is 12.2. The lowest BCUT2D eigenvalue weighted by Crippen LogP contribution is -2.13. The van der Waals surface area contributed by atoms with Crippen molar-refractivity contribution in [2.24, 2.45) is 0 Å². The Morgan fingerprint density at radius 1 is 0.962 bits per heavy atom. The number of ketones is 1. The Morgan fingerprint density at radius 2 is 1.69 bits per heavy atom. The average molecular weight is 423 g/mol. The molecule has 1 heterocycles. The van der Waals surface area contributed by atoms with Crippen molar-refractivity contribution in [2.45, 2.75) is 0 Å². The van der Waals surface area contributed by atoms with Gasteiger partial charge in [-0.2, -0.15) is 0 Å². The standard InChI is InChI=1S/C21H15BrN2OS/c22-16-9-5-14(6-10-16)19(25)13-23-17-11-7-15(8-12-17)21-24-18-3-1-2-4-20(18)26-21/h1-12,23H,13H2. The lowest BCUT2D eigenvalue weighted by Gasteiger charge is -2.06. The van der Waals surface area contributed by atoms with Crippen LogP contribution < -0.4 is 5.32 Å². The first kappa shape index (κ1) is 16.9. The lowest BCUT2D eigenvalue weighted by atomic mass is 10.1. The van der Waals surface area contributed by atoms with Crippen LogP contribution in [0.15, 0.2) is 77.3 Å². The fraction of sp³-hybridized carbons (Fsp3) is 0.0476. The van der Waals surface area contributed by atoms with Gasteiger partial charge in [-0.15, -0.1) is 11.3 Å². The number of halogens is 1. The van der Waals surface area contributed by atoms with Gasteiger partial charge in [0.1, 0.15) is 5.01 Å². The topological polar surface area (TPSA) is 42.0 Å². The Kier molecular flexibility index (Phi) is 4.82.